The summed E-state index contributed by atoms with van der Waals surface area (Å²) >= 11 is 2.84. The van der Waals surface area contributed by atoms with E-state index in [0.717, 1.165) is 0 Å². The van der Waals surface area contributed by atoms with Gasteiger partial charge < -0.3 is 5.11 Å². The molecule has 0 bridgehead atoms. The van der Waals surface area contributed by atoms with Gasteiger partial charge in [-0.2, -0.15) is 10.4 Å². The van der Waals surface area contributed by atoms with Gasteiger partial charge in [-0.25, -0.2) is 5.10 Å². The minimum atomic E-state index is -0.701. The number of aromatic nitrogens is 2. The third-order valence-electron chi connectivity index (χ3n) is 1.03. The van der Waals surface area contributed by atoms with Crippen molar-refractivity contribution in [3.63, 3.8) is 0 Å². The Morgan fingerprint density at radius 1 is 1.73 bits per heavy atom. The summed E-state index contributed by atoms with van der Waals surface area (Å²) in [7, 11) is 0. The van der Waals surface area contributed by atoms with Crippen LogP contribution in [-0.4, -0.2) is 15.3 Å². The standard InChI is InChI=1S/C5H2BrN3O2/c6-4-3(10)2(1-7)5(11)9-8-4/h(H2,9,10,11). The Kier molecular flexibility index (Phi) is 1.92. The molecule has 6 heteroatoms. The molecule has 0 aromatic carbocycles. The highest BCUT2D eigenvalue weighted by atomic mass is 79.9. The molecule has 1 rings (SSSR count). The summed E-state index contributed by atoms with van der Waals surface area (Å²) < 4.78 is 0.0497. The molecule has 11 heavy (non-hydrogen) atoms. The van der Waals surface area contributed by atoms with Crippen LogP contribution >= 0.6 is 15.9 Å². The first kappa shape index (κ1) is 7.75. The minimum absolute atomic E-state index is 0.0497. The third kappa shape index (κ3) is 1.23. The van der Waals surface area contributed by atoms with Crippen LogP contribution < -0.4 is 5.56 Å². The van der Waals surface area contributed by atoms with E-state index in [1.54, 1.807) is 6.07 Å². The Labute approximate surface area is 69.4 Å². The number of hydrogen-bond acceptors (Lipinski definition) is 4. The highest BCUT2D eigenvalue weighted by Gasteiger charge is 2.09. The Balaban J connectivity index is 3.57. The second kappa shape index (κ2) is 2.72. The Morgan fingerprint density at radius 3 is 2.82 bits per heavy atom. The summed E-state index contributed by atoms with van der Waals surface area (Å²) in [6.07, 6.45) is 0. The summed E-state index contributed by atoms with van der Waals surface area (Å²) in [4.78, 5) is 10.7. The maximum atomic E-state index is 10.7. The molecule has 0 aliphatic heterocycles. The first-order chi connectivity index (χ1) is 5.16. The molecule has 1 aromatic rings. The van der Waals surface area contributed by atoms with Crippen LogP contribution in [0.1, 0.15) is 5.56 Å². The molecule has 2 N–H and O–H groups in total. The predicted molar refractivity (Wildman–Crippen MR) is 38.9 cm³/mol. The average Bonchev–Trinajstić information content (AvgIpc) is 1.99. The van der Waals surface area contributed by atoms with E-state index < -0.39 is 11.3 Å². The molecule has 0 saturated carbocycles. The van der Waals surface area contributed by atoms with E-state index in [-0.39, 0.29) is 10.2 Å². The molecular formula is C5H2BrN3O2. The number of nitrogens with one attached hydrogen (secondary N) is 1. The number of aromatic amines is 1. The van der Waals surface area contributed by atoms with Gasteiger partial charge in [0, 0.05) is 0 Å². The first-order valence-corrected chi connectivity index (χ1v) is 3.33. The molecule has 0 aliphatic rings. The van der Waals surface area contributed by atoms with E-state index in [2.05, 4.69) is 21.0 Å². The zero-order chi connectivity index (χ0) is 8.43. The van der Waals surface area contributed by atoms with Crippen molar-refractivity contribution >= 4 is 15.9 Å². The van der Waals surface area contributed by atoms with E-state index >= 15 is 0 Å². The van der Waals surface area contributed by atoms with E-state index in [1.807, 2.05) is 5.10 Å². The molecule has 1 aromatic heterocycles. The van der Waals surface area contributed by atoms with Crippen molar-refractivity contribution in [2.45, 2.75) is 0 Å². The van der Waals surface area contributed by atoms with Crippen LogP contribution in [0.2, 0.25) is 0 Å². The predicted octanol–water partition coefficient (Wildman–Crippen LogP) is 0.110. The van der Waals surface area contributed by atoms with Crippen LogP contribution in [0, 0.1) is 11.3 Å². The molecule has 0 amide bonds. The summed E-state index contributed by atoms with van der Waals surface area (Å²) in [5, 5.41) is 22.8. The monoisotopic (exact) mass is 215 g/mol. The Hall–Kier alpha value is -1.35. The minimum Gasteiger partial charge on any atom is -0.504 e. The second-order valence-corrected chi connectivity index (χ2v) is 2.43. The van der Waals surface area contributed by atoms with Gasteiger partial charge in [0.1, 0.15) is 6.07 Å². The molecule has 0 unspecified atom stereocenters. The fourth-order valence-corrected chi connectivity index (χ4v) is 0.810. The molecule has 5 nitrogen and oxygen atoms in total. The summed E-state index contributed by atoms with van der Waals surface area (Å²) in [6.45, 7) is 0. The third-order valence-corrected chi connectivity index (χ3v) is 1.58. The van der Waals surface area contributed by atoms with E-state index in [0.29, 0.717) is 0 Å². The number of rotatable bonds is 0. The van der Waals surface area contributed by atoms with Crippen molar-refractivity contribution < 1.29 is 5.11 Å². The largest absolute Gasteiger partial charge is 0.504 e. The smallest absolute Gasteiger partial charge is 0.285 e. The van der Waals surface area contributed by atoms with Crippen LogP contribution in [-0.2, 0) is 0 Å². The Bertz CT molecular complexity index is 378. The molecule has 1 heterocycles. The molecule has 0 saturated heterocycles. The summed E-state index contributed by atoms with van der Waals surface area (Å²) in [5.74, 6) is -0.434. The molecule has 0 spiro atoms. The maximum absolute atomic E-state index is 10.7. The van der Waals surface area contributed by atoms with Crippen molar-refractivity contribution in [2.75, 3.05) is 0 Å². The van der Waals surface area contributed by atoms with Gasteiger partial charge >= 0.3 is 0 Å². The van der Waals surface area contributed by atoms with Crippen molar-refractivity contribution in [3.05, 3.63) is 20.5 Å². The lowest BCUT2D eigenvalue weighted by atomic mass is 10.3. The summed E-state index contributed by atoms with van der Waals surface area (Å²) in [6, 6.07) is 1.54. The number of hydrogen-bond donors (Lipinski definition) is 2. The van der Waals surface area contributed by atoms with Gasteiger partial charge in [-0.3, -0.25) is 4.79 Å². The van der Waals surface area contributed by atoms with Crippen LogP contribution in [0.25, 0.3) is 0 Å². The van der Waals surface area contributed by atoms with Crippen molar-refractivity contribution in [2.24, 2.45) is 0 Å². The number of nitrogens with zero attached hydrogens (tertiary/aromatic N) is 2. The van der Waals surface area contributed by atoms with E-state index in [4.69, 9.17) is 10.4 Å². The van der Waals surface area contributed by atoms with Gasteiger partial charge in [0.05, 0.1) is 0 Å². The molecule has 0 radical (unpaired) electrons. The van der Waals surface area contributed by atoms with Crippen molar-refractivity contribution in [1.82, 2.24) is 10.2 Å². The molecular weight excluding hydrogens is 214 g/mol. The maximum Gasteiger partial charge on any atom is 0.285 e. The number of H-pyrrole nitrogens is 1. The van der Waals surface area contributed by atoms with Gasteiger partial charge in [-0.05, 0) is 15.9 Å². The van der Waals surface area contributed by atoms with Crippen molar-refractivity contribution in [3.8, 4) is 11.8 Å². The molecule has 56 valence electrons. The molecule has 0 atom stereocenters. The summed E-state index contributed by atoms with van der Waals surface area (Å²) in [5.41, 5.74) is -1.04. The number of halogens is 1. The topological polar surface area (TPSA) is 89.8 Å². The lowest BCUT2D eigenvalue weighted by Gasteiger charge is -1.94. The Morgan fingerprint density at radius 2 is 2.36 bits per heavy atom. The van der Waals surface area contributed by atoms with Crippen molar-refractivity contribution in [1.29, 1.82) is 5.26 Å². The fraction of sp³-hybridized carbons (Fsp3) is 0. The second-order valence-electron chi connectivity index (χ2n) is 1.68. The highest BCUT2D eigenvalue weighted by Crippen LogP contribution is 2.20. The lowest BCUT2D eigenvalue weighted by Crippen LogP contribution is -2.11. The number of aromatic hydroxyl groups is 1. The number of nitriles is 1. The normalized spacial score (nSPS) is 9.09. The lowest BCUT2D eigenvalue weighted by molar-refractivity contribution is 0.463. The van der Waals surface area contributed by atoms with Crippen LogP contribution in [0.3, 0.4) is 0 Å². The zero-order valence-electron chi connectivity index (χ0n) is 5.13. The average molecular weight is 216 g/mol. The van der Waals surface area contributed by atoms with Crippen LogP contribution in [0.5, 0.6) is 5.75 Å². The zero-order valence-corrected chi connectivity index (χ0v) is 6.71. The first-order valence-electron chi connectivity index (χ1n) is 2.54. The molecule has 0 aliphatic carbocycles. The van der Waals surface area contributed by atoms with Crippen LogP contribution in [0.4, 0.5) is 0 Å². The van der Waals surface area contributed by atoms with E-state index in [9.17, 15) is 4.79 Å². The van der Waals surface area contributed by atoms with Gasteiger partial charge in [0.15, 0.2) is 15.9 Å². The van der Waals surface area contributed by atoms with E-state index in [1.165, 1.54) is 0 Å². The van der Waals surface area contributed by atoms with Gasteiger partial charge in [-0.1, -0.05) is 0 Å². The van der Waals surface area contributed by atoms with Crippen LogP contribution in [0.15, 0.2) is 9.40 Å². The quantitative estimate of drug-likeness (QED) is 0.643. The highest BCUT2D eigenvalue weighted by molar-refractivity contribution is 9.10. The van der Waals surface area contributed by atoms with Gasteiger partial charge in [-0.15, -0.1) is 0 Å². The van der Waals surface area contributed by atoms with Gasteiger partial charge in [0.2, 0.25) is 0 Å². The SMILES string of the molecule is N#Cc1c(O)c(Br)n[nH]c1=O. The molecule has 0 fully saturated rings. The fourth-order valence-electron chi connectivity index (χ4n) is 0.523. The van der Waals surface area contributed by atoms with Gasteiger partial charge in [0.25, 0.3) is 5.56 Å².